The van der Waals surface area contributed by atoms with Crippen LogP contribution in [0.3, 0.4) is 0 Å². The smallest absolute Gasteiger partial charge is 0.338 e. The third-order valence-electron chi connectivity index (χ3n) is 1.74. The summed E-state index contributed by atoms with van der Waals surface area (Å²) < 4.78 is 4.38. The zero-order valence-electron chi connectivity index (χ0n) is 6.12. The number of ether oxygens (including phenoxy) is 1. The van der Waals surface area contributed by atoms with Gasteiger partial charge in [0.25, 0.3) is 0 Å². The molecule has 0 bridgehead atoms. The van der Waals surface area contributed by atoms with Crippen molar-refractivity contribution in [3.63, 3.8) is 0 Å². The molecule has 0 aromatic rings. The summed E-state index contributed by atoms with van der Waals surface area (Å²) in [6.45, 7) is -0.587. The maximum absolute atomic E-state index is 10.7. The SMILES string of the molecule is O=C1O[C@@H](CO)[C@H](O)[C@@H](O)[C@H]1O. The molecule has 0 spiro atoms. The van der Waals surface area contributed by atoms with Gasteiger partial charge >= 0.3 is 5.97 Å². The summed E-state index contributed by atoms with van der Waals surface area (Å²) in [6, 6.07) is 0. The van der Waals surface area contributed by atoms with Gasteiger partial charge in [-0.3, -0.25) is 0 Å². The van der Waals surface area contributed by atoms with Crippen LogP contribution in [0, 0.1) is 0 Å². The molecule has 12 heavy (non-hydrogen) atoms. The monoisotopic (exact) mass is 178 g/mol. The van der Waals surface area contributed by atoms with Crippen molar-refractivity contribution in [1.82, 2.24) is 0 Å². The van der Waals surface area contributed by atoms with Crippen LogP contribution in [0.5, 0.6) is 0 Å². The van der Waals surface area contributed by atoms with Crippen LogP contribution in [-0.4, -0.2) is 57.4 Å². The predicted octanol–water partition coefficient (Wildman–Crippen LogP) is -3.01. The quantitative estimate of drug-likeness (QED) is 0.318. The van der Waals surface area contributed by atoms with Crippen LogP contribution in [-0.2, 0) is 9.53 Å². The van der Waals surface area contributed by atoms with E-state index in [1.165, 1.54) is 0 Å². The Morgan fingerprint density at radius 3 is 2.33 bits per heavy atom. The highest BCUT2D eigenvalue weighted by Gasteiger charge is 2.43. The minimum atomic E-state index is -1.73. The Morgan fingerprint density at radius 1 is 1.25 bits per heavy atom. The van der Waals surface area contributed by atoms with Gasteiger partial charge in [-0.05, 0) is 0 Å². The molecule has 1 fully saturated rings. The third kappa shape index (κ3) is 1.42. The third-order valence-corrected chi connectivity index (χ3v) is 1.74. The lowest BCUT2D eigenvalue weighted by Crippen LogP contribution is -2.56. The molecule has 6 nitrogen and oxygen atoms in total. The fourth-order valence-electron chi connectivity index (χ4n) is 0.980. The average Bonchev–Trinajstić information content (AvgIpc) is 2.08. The van der Waals surface area contributed by atoms with Gasteiger partial charge in [0.05, 0.1) is 6.61 Å². The van der Waals surface area contributed by atoms with Crippen molar-refractivity contribution < 1.29 is 30.0 Å². The molecule has 4 N–H and O–H groups in total. The molecule has 0 amide bonds. The highest BCUT2D eigenvalue weighted by atomic mass is 16.6. The molecule has 1 aliphatic rings. The highest BCUT2D eigenvalue weighted by molar-refractivity contribution is 5.76. The van der Waals surface area contributed by atoms with Crippen LogP contribution in [0.1, 0.15) is 0 Å². The van der Waals surface area contributed by atoms with E-state index in [-0.39, 0.29) is 0 Å². The van der Waals surface area contributed by atoms with Gasteiger partial charge in [0.15, 0.2) is 12.2 Å². The first-order chi connectivity index (χ1) is 5.57. The lowest BCUT2D eigenvalue weighted by atomic mass is 10.0. The van der Waals surface area contributed by atoms with E-state index in [2.05, 4.69) is 4.74 Å². The molecule has 70 valence electrons. The summed E-state index contributed by atoms with van der Waals surface area (Å²) in [5.41, 5.74) is 0. The highest BCUT2D eigenvalue weighted by Crippen LogP contribution is 2.15. The van der Waals surface area contributed by atoms with Crippen LogP contribution in [0.15, 0.2) is 0 Å². The van der Waals surface area contributed by atoms with E-state index < -0.39 is 37.0 Å². The zero-order chi connectivity index (χ0) is 9.30. The molecule has 4 atom stereocenters. The number of cyclic esters (lactones) is 1. The van der Waals surface area contributed by atoms with Crippen molar-refractivity contribution in [1.29, 1.82) is 0 Å². The van der Waals surface area contributed by atoms with Gasteiger partial charge in [-0.25, -0.2) is 4.79 Å². The van der Waals surface area contributed by atoms with E-state index in [0.717, 1.165) is 0 Å². The van der Waals surface area contributed by atoms with Gasteiger partial charge in [-0.1, -0.05) is 0 Å². The lowest BCUT2D eigenvalue weighted by molar-refractivity contribution is -0.206. The van der Waals surface area contributed by atoms with Gasteiger partial charge in [-0.2, -0.15) is 0 Å². The van der Waals surface area contributed by atoms with Crippen molar-refractivity contribution in [3.8, 4) is 0 Å². The van der Waals surface area contributed by atoms with E-state index in [1.54, 1.807) is 0 Å². The number of hydrogen-bond acceptors (Lipinski definition) is 6. The molecule has 0 aromatic heterocycles. The first-order valence-corrected chi connectivity index (χ1v) is 3.43. The number of esters is 1. The molecule has 0 saturated carbocycles. The number of rotatable bonds is 1. The Morgan fingerprint density at radius 2 is 1.83 bits per heavy atom. The summed E-state index contributed by atoms with van der Waals surface area (Å²) in [5.74, 6) is -1.04. The summed E-state index contributed by atoms with van der Waals surface area (Å²) in [4.78, 5) is 10.7. The van der Waals surface area contributed by atoms with Gasteiger partial charge in [0.2, 0.25) is 0 Å². The maximum Gasteiger partial charge on any atom is 0.338 e. The maximum atomic E-state index is 10.7. The number of aliphatic hydroxyl groups is 4. The van der Waals surface area contributed by atoms with E-state index in [0.29, 0.717) is 0 Å². The predicted molar refractivity (Wildman–Crippen MR) is 35.0 cm³/mol. The summed E-state index contributed by atoms with van der Waals surface area (Å²) in [7, 11) is 0. The van der Waals surface area contributed by atoms with Gasteiger partial charge < -0.3 is 25.2 Å². The first kappa shape index (κ1) is 9.40. The first-order valence-electron chi connectivity index (χ1n) is 3.43. The minimum absolute atomic E-state index is 0.587. The van der Waals surface area contributed by atoms with Crippen molar-refractivity contribution >= 4 is 5.97 Å². The number of aliphatic hydroxyl groups excluding tert-OH is 4. The largest absolute Gasteiger partial charge is 0.455 e. The second-order valence-corrected chi connectivity index (χ2v) is 2.58. The van der Waals surface area contributed by atoms with E-state index >= 15 is 0 Å². The molecular weight excluding hydrogens is 168 g/mol. The molecule has 1 rings (SSSR count). The molecule has 0 radical (unpaired) electrons. The number of hydrogen-bond donors (Lipinski definition) is 4. The van der Waals surface area contributed by atoms with Crippen molar-refractivity contribution in [2.45, 2.75) is 24.4 Å². The van der Waals surface area contributed by atoms with Gasteiger partial charge in [0, 0.05) is 0 Å². The second kappa shape index (κ2) is 3.36. The summed E-state index contributed by atoms with van der Waals surface area (Å²) in [5, 5.41) is 35.5. The molecular formula is C6H10O6. The van der Waals surface area contributed by atoms with Gasteiger partial charge in [0.1, 0.15) is 12.2 Å². The Hall–Kier alpha value is -0.690. The topological polar surface area (TPSA) is 107 Å². The van der Waals surface area contributed by atoms with E-state index in [9.17, 15) is 4.79 Å². The van der Waals surface area contributed by atoms with Crippen molar-refractivity contribution in [2.24, 2.45) is 0 Å². The van der Waals surface area contributed by atoms with Gasteiger partial charge in [-0.15, -0.1) is 0 Å². The lowest BCUT2D eigenvalue weighted by Gasteiger charge is -2.32. The number of carbonyl (C=O) groups excluding carboxylic acids is 1. The molecule has 0 aromatic carbocycles. The van der Waals surface area contributed by atoms with Crippen LogP contribution < -0.4 is 0 Å². The fraction of sp³-hybridized carbons (Fsp3) is 0.833. The molecule has 1 heterocycles. The zero-order valence-corrected chi connectivity index (χ0v) is 6.12. The van der Waals surface area contributed by atoms with Crippen LogP contribution in [0.4, 0.5) is 0 Å². The van der Waals surface area contributed by atoms with Crippen molar-refractivity contribution in [3.05, 3.63) is 0 Å². The fourth-order valence-corrected chi connectivity index (χ4v) is 0.980. The van der Waals surface area contributed by atoms with Crippen LogP contribution in [0.25, 0.3) is 0 Å². The van der Waals surface area contributed by atoms with Crippen LogP contribution >= 0.6 is 0 Å². The normalized spacial score (nSPS) is 42.5. The molecule has 6 heteroatoms. The molecule has 0 aliphatic carbocycles. The second-order valence-electron chi connectivity index (χ2n) is 2.58. The number of carbonyl (C=O) groups is 1. The van der Waals surface area contributed by atoms with E-state index in [4.69, 9.17) is 20.4 Å². The molecule has 1 aliphatic heterocycles. The van der Waals surface area contributed by atoms with E-state index in [1.807, 2.05) is 0 Å². The minimum Gasteiger partial charge on any atom is -0.455 e. The molecule has 0 unspecified atom stereocenters. The average molecular weight is 178 g/mol. The summed E-state index contributed by atoms with van der Waals surface area (Å²) >= 11 is 0. The standard InChI is InChI=1S/C6H10O6/c7-1-2-3(8)4(9)5(10)6(11)12-2/h2-5,7-10H,1H2/t2-,3-,4+,5+/m0/s1. The van der Waals surface area contributed by atoms with Crippen LogP contribution in [0.2, 0.25) is 0 Å². The molecule has 1 saturated heterocycles. The Bertz CT molecular complexity index is 179. The Labute approximate surface area is 68.0 Å². The Balaban J connectivity index is 2.70. The summed E-state index contributed by atoms with van der Waals surface area (Å²) in [6.07, 6.45) is -5.93. The van der Waals surface area contributed by atoms with Crippen molar-refractivity contribution in [2.75, 3.05) is 6.61 Å². The Kier molecular flexibility index (Phi) is 2.63.